The van der Waals surface area contributed by atoms with Crippen molar-refractivity contribution in [1.29, 1.82) is 0 Å². The smallest absolute Gasteiger partial charge is 0.269 e. The van der Waals surface area contributed by atoms with Gasteiger partial charge in [0, 0.05) is 24.4 Å². The molecular formula is C17H22N6O2. The number of pyridine rings is 1. The van der Waals surface area contributed by atoms with Crippen molar-refractivity contribution in [2.45, 2.75) is 25.3 Å². The summed E-state index contributed by atoms with van der Waals surface area (Å²) in [6.07, 6.45) is 3.69. The van der Waals surface area contributed by atoms with Crippen LogP contribution in [0.5, 0.6) is 0 Å². The van der Waals surface area contributed by atoms with Crippen LogP contribution in [0.1, 0.15) is 40.6 Å². The molecule has 1 fully saturated rings. The molecule has 0 saturated carbocycles. The second-order valence-electron chi connectivity index (χ2n) is 6.24. The zero-order valence-electron chi connectivity index (χ0n) is 13.9. The average molecular weight is 342 g/mol. The Labute approximate surface area is 145 Å². The normalized spacial score (nSPS) is 18.0. The molecule has 1 saturated heterocycles. The zero-order chi connectivity index (χ0) is 17.6. The number of aromatic amines is 1. The van der Waals surface area contributed by atoms with Gasteiger partial charge in [-0.05, 0) is 37.6 Å². The van der Waals surface area contributed by atoms with E-state index in [2.05, 4.69) is 25.4 Å². The lowest BCUT2D eigenvalue weighted by Crippen LogP contribution is -2.42. The lowest BCUT2D eigenvalue weighted by molar-refractivity contribution is -0.122. The first-order valence-corrected chi connectivity index (χ1v) is 8.36. The molecule has 0 aliphatic carbocycles. The number of primary amides is 1. The molecule has 1 aliphatic rings. The highest BCUT2D eigenvalue weighted by Crippen LogP contribution is 2.25. The van der Waals surface area contributed by atoms with Crippen molar-refractivity contribution in [2.75, 3.05) is 19.6 Å². The van der Waals surface area contributed by atoms with Gasteiger partial charge < -0.3 is 11.1 Å². The minimum Gasteiger partial charge on any atom is -0.364 e. The van der Waals surface area contributed by atoms with Crippen molar-refractivity contribution < 1.29 is 9.59 Å². The SMILES string of the molecule is NC(=O)c1cc([C@@H]2CCCN(CC(=O)NCc3ccccn3)C2)[nH]n1. The Morgan fingerprint density at radius 3 is 3.00 bits per heavy atom. The molecule has 3 rings (SSSR count). The van der Waals surface area contributed by atoms with Gasteiger partial charge in [-0.15, -0.1) is 0 Å². The summed E-state index contributed by atoms with van der Waals surface area (Å²) in [5.74, 6) is -0.337. The molecule has 0 aromatic carbocycles. The minimum absolute atomic E-state index is 0.0197. The van der Waals surface area contributed by atoms with Gasteiger partial charge >= 0.3 is 0 Å². The fourth-order valence-corrected chi connectivity index (χ4v) is 3.08. The van der Waals surface area contributed by atoms with E-state index in [-0.39, 0.29) is 17.5 Å². The summed E-state index contributed by atoms with van der Waals surface area (Å²) in [6, 6.07) is 7.33. The summed E-state index contributed by atoms with van der Waals surface area (Å²) in [5.41, 5.74) is 7.22. The van der Waals surface area contributed by atoms with Crippen molar-refractivity contribution in [3.63, 3.8) is 0 Å². The number of aromatic nitrogens is 3. The van der Waals surface area contributed by atoms with Gasteiger partial charge in [0.25, 0.3) is 5.91 Å². The van der Waals surface area contributed by atoms with E-state index < -0.39 is 5.91 Å². The number of amides is 2. The van der Waals surface area contributed by atoms with E-state index >= 15 is 0 Å². The van der Waals surface area contributed by atoms with Gasteiger partial charge in [0.1, 0.15) is 5.69 Å². The van der Waals surface area contributed by atoms with Gasteiger partial charge in [-0.25, -0.2) is 0 Å². The van der Waals surface area contributed by atoms with Crippen LogP contribution in [0.2, 0.25) is 0 Å². The molecule has 3 heterocycles. The third-order valence-corrected chi connectivity index (χ3v) is 4.36. The largest absolute Gasteiger partial charge is 0.364 e. The first-order chi connectivity index (χ1) is 12.1. The van der Waals surface area contributed by atoms with Crippen molar-refractivity contribution in [3.8, 4) is 0 Å². The Balaban J connectivity index is 1.50. The number of carbonyl (C=O) groups excluding carboxylic acids is 2. The number of carbonyl (C=O) groups is 2. The molecule has 25 heavy (non-hydrogen) atoms. The number of piperidine rings is 1. The second kappa shape index (κ2) is 7.89. The molecule has 1 aliphatic heterocycles. The molecule has 8 heteroatoms. The highest BCUT2D eigenvalue weighted by Gasteiger charge is 2.24. The fraction of sp³-hybridized carbons (Fsp3) is 0.412. The number of nitrogens with two attached hydrogens (primary N) is 1. The summed E-state index contributed by atoms with van der Waals surface area (Å²) >= 11 is 0. The topological polar surface area (TPSA) is 117 Å². The molecule has 132 valence electrons. The molecule has 0 unspecified atom stereocenters. The highest BCUT2D eigenvalue weighted by atomic mass is 16.2. The number of rotatable bonds is 6. The quantitative estimate of drug-likeness (QED) is 0.702. The van der Waals surface area contributed by atoms with Crippen LogP contribution < -0.4 is 11.1 Å². The molecule has 2 amide bonds. The minimum atomic E-state index is -0.538. The zero-order valence-corrected chi connectivity index (χ0v) is 13.9. The van der Waals surface area contributed by atoms with E-state index in [9.17, 15) is 9.59 Å². The van der Waals surface area contributed by atoms with Crippen LogP contribution in [0.3, 0.4) is 0 Å². The van der Waals surface area contributed by atoms with Crippen molar-refractivity contribution in [1.82, 2.24) is 25.4 Å². The van der Waals surface area contributed by atoms with E-state index in [0.29, 0.717) is 13.1 Å². The predicted molar refractivity (Wildman–Crippen MR) is 91.6 cm³/mol. The highest BCUT2D eigenvalue weighted by molar-refractivity contribution is 5.90. The maximum Gasteiger partial charge on any atom is 0.269 e. The Kier molecular flexibility index (Phi) is 5.39. The van der Waals surface area contributed by atoms with E-state index in [0.717, 1.165) is 37.3 Å². The monoisotopic (exact) mass is 342 g/mol. The Hall–Kier alpha value is -2.74. The number of nitrogens with one attached hydrogen (secondary N) is 2. The van der Waals surface area contributed by atoms with Crippen LogP contribution in [0.25, 0.3) is 0 Å². The molecule has 8 nitrogen and oxygen atoms in total. The lowest BCUT2D eigenvalue weighted by Gasteiger charge is -2.31. The fourth-order valence-electron chi connectivity index (χ4n) is 3.08. The Morgan fingerprint density at radius 2 is 2.28 bits per heavy atom. The Bertz CT molecular complexity index is 730. The van der Waals surface area contributed by atoms with Crippen molar-refractivity contribution in [3.05, 3.63) is 47.5 Å². The predicted octanol–water partition coefficient (Wildman–Crippen LogP) is 0.399. The van der Waals surface area contributed by atoms with Gasteiger partial charge in [-0.3, -0.25) is 24.6 Å². The van der Waals surface area contributed by atoms with E-state index in [1.807, 2.05) is 18.2 Å². The third kappa shape index (κ3) is 4.63. The van der Waals surface area contributed by atoms with Crippen LogP contribution in [0.4, 0.5) is 0 Å². The maximum atomic E-state index is 12.2. The summed E-state index contributed by atoms with van der Waals surface area (Å²) < 4.78 is 0. The average Bonchev–Trinajstić information content (AvgIpc) is 3.12. The number of hydrogen-bond acceptors (Lipinski definition) is 5. The molecular weight excluding hydrogens is 320 g/mol. The molecule has 2 aromatic rings. The van der Waals surface area contributed by atoms with Crippen LogP contribution >= 0.6 is 0 Å². The first kappa shape index (κ1) is 17.1. The first-order valence-electron chi connectivity index (χ1n) is 8.36. The lowest BCUT2D eigenvalue weighted by atomic mass is 9.94. The number of hydrogen-bond donors (Lipinski definition) is 3. The Morgan fingerprint density at radius 1 is 1.40 bits per heavy atom. The molecule has 0 radical (unpaired) electrons. The van der Waals surface area contributed by atoms with Crippen LogP contribution in [0, 0.1) is 0 Å². The molecule has 0 spiro atoms. The van der Waals surface area contributed by atoms with Crippen molar-refractivity contribution >= 4 is 11.8 Å². The van der Waals surface area contributed by atoms with Crippen molar-refractivity contribution in [2.24, 2.45) is 5.73 Å². The number of H-pyrrole nitrogens is 1. The standard InChI is InChI=1S/C17H22N6O2/c18-17(25)15-8-14(21-22-15)12-4-3-7-23(10-12)11-16(24)20-9-13-5-1-2-6-19-13/h1-2,5-6,8,12H,3-4,7,9-11H2,(H2,18,25)(H,20,24)(H,21,22)/t12-/m1/s1. The van der Waals surface area contributed by atoms with E-state index in [4.69, 9.17) is 5.73 Å². The van der Waals surface area contributed by atoms with Gasteiger partial charge in [-0.1, -0.05) is 6.07 Å². The van der Waals surface area contributed by atoms with Crippen LogP contribution in [-0.2, 0) is 11.3 Å². The number of nitrogens with zero attached hydrogens (tertiary/aromatic N) is 3. The summed E-state index contributed by atoms with van der Waals surface area (Å²) in [7, 11) is 0. The maximum absolute atomic E-state index is 12.2. The molecule has 1 atom stereocenters. The van der Waals surface area contributed by atoms with Gasteiger partial charge in [0.05, 0.1) is 18.8 Å². The second-order valence-corrected chi connectivity index (χ2v) is 6.24. The van der Waals surface area contributed by atoms with Gasteiger partial charge in [0.15, 0.2) is 0 Å². The summed E-state index contributed by atoms with van der Waals surface area (Å²) in [5, 5.41) is 9.72. The molecule has 0 bridgehead atoms. The third-order valence-electron chi connectivity index (χ3n) is 4.36. The van der Waals surface area contributed by atoms with Gasteiger partial charge in [-0.2, -0.15) is 5.10 Å². The summed E-state index contributed by atoms with van der Waals surface area (Å²) in [6.45, 7) is 2.40. The van der Waals surface area contributed by atoms with E-state index in [1.54, 1.807) is 12.3 Å². The molecule has 4 N–H and O–H groups in total. The van der Waals surface area contributed by atoms with E-state index in [1.165, 1.54) is 0 Å². The van der Waals surface area contributed by atoms with Crippen LogP contribution in [-0.4, -0.2) is 51.5 Å². The van der Waals surface area contributed by atoms with Gasteiger partial charge in [0.2, 0.25) is 5.91 Å². The summed E-state index contributed by atoms with van der Waals surface area (Å²) in [4.78, 5) is 29.6. The van der Waals surface area contributed by atoms with Crippen LogP contribution in [0.15, 0.2) is 30.5 Å². The number of likely N-dealkylation sites (tertiary alicyclic amines) is 1. The molecule has 2 aromatic heterocycles.